The standard InChI is InChI=1S/C25H28N6O3/c1-15(2)34-25(32)28-17-8-6-16(7-9-17)24-23(26)21-11-10-20(33-14-18-13-27-30-29-18)12-22(21)31(24)19-4-3-5-19/h6-13,15,19H,3-5,14,26H2,1-2H3,(H,28,32)(H,27,29,30). The van der Waals surface area contributed by atoms with Gasteiger partial charge in [0.15, 0.2) is 0 Å². The third-order valence-corrected chi connectivity index (χ3v) is 6.06. The predicted octanol–water partition coefficient (Wildman–Crippen LogP) is 5.27. The van der Waals surface area contributed by atoms with Gasteiger partial charge in [0.25, 0.3) is 0 Å². The maximum absolute atomic E-state index is 11.9. The molecule has 4 N–H and O–H groups in total. The van der Waals surface area contributed by atoms with E-state index < -0.39 is 6.09 Å². The fourth-order valence-electron chi connectivity index (χ4n) is 4.25. The van der Waals surface area contributed by atoms with Crippen LogP contribution in [0.15, 0.2) is 48.7 Å². The van der Waals surface area contributed by atoms with Crippen LogP contribution in [-0.2, 0) is 11.3 Å². The SMILES string of the molecule is CC(C)OC(=O)Nc1ccc(-c2c(N)c3ccc(OCc4c[nH]nn4)cc3n2C2CCC2)cc1. The average molecular weight is 461 g/mol. The summed E-state index contributed by atoms with van der Waals surface area (Å²) in [4.78, 5) is 11.9. The van der Waals surface area contributed by atoms with Gasteiger partial charge in [0, 0.05) is 34.9 Å². The minimum absolute atomic E-state index is 0.179. The van der Waals surface area contributed by atoms with Crippen molar-refractivity contribution in [2.75, 3.05) is 11.1 Å². The van der Waals surface area contributed by atoms with Crippen LogP contribution in [-0.4, -0.2) is 32.2 Å². The number of nitrogens with two attached hydrogens (primary N) is 1. The number of nitrogen functional groups attached to an aromatic ring is 1. The summed E-state index contributed by atoms with van der Waals surface area (Å²) in [6, 6.07) is 14.1. The molecule has 2 aromatic heterocycles. The maximum Gasteiger partial charge on any atom is 0.411 e. The Hall–Kier alpha value is -4.01. The molecule has 0 radical (unpaired) electrons. The molecule has 0 unspecified atom stereocenters. The molecular formula is C25H28N6O3. The number of benzene rings is 2. The van der Waals surface area contributed by atoms with Crippen LogP contribution in [0.3, 0.4) is 0 Å². The van der Waals surface area contributed by atoms with Crippen LogP contribution in [0.5, 0.6) is 5.75 Å². The minimum atomic E-state index is -0.469. The van der Waals surface area contributed by atoms with Gasteiger partial charge in [-0.25, -0.2) is 4.79 Å². The van der Waals surface area contributed by atoms with E-state index in [1.807, 2.05) is 56.3 Å². The Bertz CT molecular complexity index is 1290. The van der Waals surface area contributed by atoms with E-state index in [4.69, 9.17) is 15.2 Å². The number of aromatic amines is 1. The third kappa shape index (κ3) is 4.28. The first kappa shape index (κ1) is 21.8. The zero-order valence-corrected chi connectivity index (χ0v) is 19.2. The van der Waals surface area contributed by atoms with Gasteiger partial charge in [-0.1, -0.05) is 17.3 Å². The normalized spacial score (nSPS) is 13.7. The monoisotopic (exact) mass is 460 g/mol. The van der Waals surface area contributed by atoms with Crippen LogP contribution in [0.2, 0.25) is 0 Å². The van der Waals surface area contributed by atoms with Crippen LogP contribution in [0, 0.1) is 0 Å². The molecule has 0 spiro atoms. The first-order chi connectivity index (χ1) is 16.5. The molecule has 1 aliphatic rings. The Morgan fingerprint density at radius 1 is 1.24 bits per heavy atom. The topological polar surface area (TPSA) is 120 Å². The largest absolute Gasteiger partial charge is 0.487 e. The molecule has 2 heterocycles. The zero-order valence-electron chi connectivity index (χ0n) is 19.2. The highest BCUT2D eigenvalue weighted by Gasteiger charge is 2.27. The van der Waals surface area contributed by atoms with E-state index in [-0.39, 0.29) is 6.10 Å². The molecule has 5 rings (SSSR count). The van der Waals surface area contributed by atoms with Gasteiger partial charge in [-0.15, -0.1) is 5.10 Å². The molecule has 0 atom stereocenters. The summed E-state index contributed by atoms with van der Waals surface area (Å²) < 4.78 is 13.5. The molecule has 2 aromatic carbocycles. The highest BCUT2D eigenvalue weighted by Crippen LogP contribution is 2.45. The van der Waals surface area contributed by atoms with Crippen molar-refractivity contribution in [3.8, 4) is 17.0 Å². The number of nitrogens with one attached hydrogen (secondary N) is 2. The van der Waals surface area contributed by atoms with Gasteiger partial charge < -0.3 is 19.8 Å². The highest BCUT2D eigenvalue weighted by molar-refractivity contribution is 6.01. The number of carbonyl (C=O) groups is 1. The smallest absolute Gasteiger partial charge is 0.411 e. The van der Waals surface area contributed by atoms with Gasteiger partial charge in [0.1, 0.15) is 18.1 Å². The number of ether oxygens (including phenoxy) is 2. The van der Waals surface area contributed by atoms with E-state index in [2.05, 4.69) is 25.3 Å². The van der Waals surface area contributed by atoms with Crippen molar-refractivity contribution in [3.63, 3.8) is 0 Å². The van der Waals surface area contributed by atoms with Crippen molar-refractivity contribution in [2.24, 2.45) is 0 Å². The molecule has 9 heteroatoms. The highest BCUT2D eigenvalue weighted by atomic mass is 16.6. The second kappa shape index (κ2) is 9.09. The van der Waals surface area contributed by atoms with Crippen LogP contribution in [0.1, 0.15) is 44.8 Å². The number of H-pyrrole nitrogens is 1. The maximum atomic E-state index is 11.9. The van der Waals surface area contributed by atoms with Gasteiger partial charge in [-0.2, -0.15) is 0 Å². The van der Waals surface area contributed by atoms with Gasteiger partial charge in [-0.05, 0) is 57.4 Å². The predicted molar refractivity (Wildman–Crippen MR) is 131 cm³/mol. The lowest BCUT2D eigenvalue weighted by molar-refractivity contribution is 0.130. The van der Waals surface area contributed by atoms with E-state index in [0.29, 0.717) is 18.3 Å². The second-order valence-corrected chi connectivity index (χ2v) is 8.81. The molecule has 4 aromatic rings. The van der Waals surface area contributed by atoms with Crippen molar-refractivity contribution in [1.82, 2.24) is 20.0 Å². The molecule has 1 fully saturated rings. The number of aromatic nitrogens is 4. The summed E-state index contributed by atoms with van der Waals surface area (Å²) in [5.74, 6) is 0.753. The van der Waals surface area contributed by atoms with Crippen molar-refractivity contribution >= 4 is 28.4 Å². The second-order valence-electron chi connectivity index (χ2n) is 8.81. The first-order valence-electron chi connectivity index (χ1n) is 11.5. The molecule has 1 amide bonds. The van der Waals surface area contributed by atoms with Crippen molar-refractivity contribution in [3.05, 3.63) is 54.4 Å². The Balaban J connectivity index is 1.47. The summed E-state index contributed by atoms with van der Waals surface area (Å²) in [5.41, 5.74) is 11.9. The molecule has 176 valence electrons. The minimum Gasteiger partial charge on any atom is -0.487 e. The van der Waals surface area contributed by atoms with Gasteiger partial charge in [0.2, 0.25) is 0 Å². The van der Waals surface area contributed by atoms with Crippen LogP contribution in [0.4, 0.5) is 16.2 Å². The van der Waals surface area contributed by atoms with Crippen molar-refractivity contribution < 1.29 is 14.3 Å². The summed E-state index contributed by atoms with van der Waals surface area (Å²) in [7, 11) is 0. The van der Waals surface area contributed by atoms with Crippen LogP contribution in [0.25, 0.3) is 22.2 Å². The number of hydrogen-bond donors (Lipinski definition) is 3. The Kier molecular flexibility index (Phi) is 5.83. The third-order valence-electron chi connectivity index (χ3n) is 6.06. The molecule has 0 aliphatic heterocycles. The van der Waals surface area contributed by atoms with Gasteiger partial charge in [0.05, 0.1) is 23.0 Å². The molecule has 1 aliphatic carbocycles. The number of fused-ring (bicyclic) bond motifs is 1. The summed E-state index contributed by atoms with van der Waals surface area (Å²) >= 11 is 0. The van der Waals surface area contributed by atoms with E-state index in [9.17, 15) is 4.79 Å². The van der Waals surface area contributed by atoms with Crippen molar-refractivity contribution in [1.29, 1.82) is 0 Å². The zero-order chi connectivity index (χ0) is 23.7. The van der Waals surface area contributed by atoms with E-state index >= 15 is 0 Å². The summed E-state index contributed by atoms with van der Waals surface area (Å²) in [5, 5.41) is 14.1. The quantitative estimate of drug-likeness (QED) is 0.346. The lowest BCUT2D eigenvalue weighted by atomic mass is 9.92. The molecule has 34 heavy (non-hydrogen) atoms. The first-order valence-corrected chi connectivity index (χ1v) is 11.5. The van der Waals surface area contributed by atoms with E-state index in [1.165, 1.54) is 6.42 Å². The van der Waals surface area contributed by atoms with Crippen LogP contribution < -0.4 is 15.8 Å². The number of rotatable bonds is 7. The van der Waals surface area contributed by atoms with E-state index in [1.54, 1.807) is 6.20 Å². The molecule has 0 bridgehead atoms. The lowest BCUT2D eigenvalue weighted by Gasteiger charge is -2.30. The summed E-state index contributed by atoms with van der Waals surface area (Å²) in [6.45, 7) is 3.97. The Labute approximate surface area is 197 Å². The number of hydrogen-bond acceptors (Lipinski definition) is 6. The Morgan fingerprint density at radius 2 is 2.03 bits per heavy atom. The van der Waals surface area contributed by atoms with Gasteiger partial charge >= 0.3 is 6.09 Å². The van der Waals surface area contributed by atoms with Crippen LogP contribution >= 0.6 is 0 Å². The number of carbonyl (C=O) groups excluding carboxylic acids is 1. The lowest BCUT2D eigenvalue weighted by Crippen LogP contribution is -2.18. The summed E-state index contributed by atoms with van der Waals surface area (Å²) in [6.07, 6.45) is 4.49. The average Bonchev–Trinajstić information content (AvgIpc) is 3.38. The number of amides is 1. The number of nitrogens with zero attached hydrogens (tertiary/aromatic N) is 3. The molecule has 9 nitrogen and oxygen atoms in total. The molecule has 0 saturated heterocycles. The van der Waals surface area contributed by atoms with Gasteiger partial charge in [-0.3, -0.25) is 10.4 Å². The Morgan fingerprint density at radius 3 is 2.68 bits per heavy atom. The fraction of sp³-hybridized carbons (Fsp3) is 0.320. The van der Waals surface area contributed by atoms with E-state index in [0.717, 1.165) is 52.1 Å². The van der Waals surface area contributed by atoms with Crippen molar-refractivity contribution in [2.45, 2.75) is 51.9 Å². The fourth-order valence-corrected chi connectivity index (χ4v) is 4.25. The molecule has 1 saturated carbocycles. The molecular weight excluding hydrogens is 432 g/mol. The number of anilines is 2.